The number of hydrogen-bond acceptors (Lipinski definition) is 3. The Bertz CT molecular complexity index is 1290. The van der Waals surface area contributed by atoms with E-state index in [1.165, 1.54) is 20.2 Å². The van der Waals surface area contributed by atoms with Crippen molar-refractivity contribution >= 4 is 44.1 Å². The van der Waals surface area contributed by atoms with Crippen molar-refractivity contribution in [1.82, 2.24) is 0 Å². The van der Waals surface area contributed by atoms with Crippen molar-refractivity contribution in [2.24, 2.45) is 0 Å². The molecule has 0 unspecified atom stereocenters. The summed E-state index contributed by atoms with van der Waals surface area (Å²) in [6.45, 7) is 0. The van der Waals surface area contributed by atoms with Crippen molar-refractivity contribution in [1.29, 1.82) is 0 Å². The third-order valence-corrected chi connectivity index (χ3v) is 6.30. The molecule has 0 spiro atoms. The highest BCUT2D eigenvalue weighted by Gasteiger charge is 2.16. The van der Waals surface area contributed by atoms with Gasteiger partial charge in [-0.15, -0.1) is 11.3 Å². The van der Waals surface area contributed by atoms with Crippen molar-refractivity contribution in [2.75, 3.05) is 0 Å². The Morgan fingerprint density at radius 3 is 2.14 bits per heavy atom. The smallest absolute Gasteiger partial charge is 0.423 e. The molecule has 28 heavy (non-hydrogen) atoms. The van der Waals surface area contributed by atoms with Crippen LogP contribution in [0.3, 0.4) is 0 Å². The highest BCUT2D eigenvalue weighted by atomic mass is 32.1. The summed E-state index contributed by atoms with van der Waals surface area (Å²) < 4.78 is 2.47. The van der Waals surface area contributed by atoms with Crippen LogP contribution in [0.25, 0.3) is 42.4 Å². The number of benzene rings is 4. The number of hydrogen-bond donors (Lipinski definition) is 2. The Balaban J connectivity index is 1.78. The van der Waals surface area contributed by atoms with Crippen molar-refractivity contribution in [2.45, 2.75) is 0 Å². The molecule has 0 radical (unpaired) electrons. The average molecular weight is 380 g/mol. The van der Waals surface area contributed by atoms with Crippen LogP contribution >= 0.6 is 11.3 Å². The third-order valence-electron chi connectivity index (χ3n) is 5.08. The summed E-state index contributed by atoms with van der Waals surface area (Å²) in [7, 11) is -1.51. The van der Waals surface area contributed by atoms with Gasteiger partial charge in [-0.3, -0.25) is 0 Å². The first-order valence-corrected chi connectivity index (χ1v) is 9.99. The van der Waals surface area contributed by atoms with Gasteiger partial charge in [0.25, 0.3) is 0 Å². The Morgan fingerprint density at radius 2 is 1.32 bits per heavy atom. The zero-order valence-corrected chi connectivity index (χ0v) is 15.9. The lowest BCUT2D eigenvalue weighted by molar-refractivity contribution is 0.426. The molecule has 0 aliphatic carbocycles. The lowest BCUT2D eigenvalue weighted by Crippen LogP contribution is -2.29. The van der Waals surface area contributed by atoms with Crippen molar-refractivity contribution in [3.05, 3.63) is 91.0 Å². The summed E-state index contributed by atoms with van der Waals surface area (Å²) in [5.41, 5.74) is 4.61. The minimum atomic E-state index is -1.51. The van der Waals surface area contributed by atoms with E-state index >= 15 is 0 Å². The topological polar surface area (TPSA) is 40.5 Å². The molecule has 0 aliphatic heterocycles. The normalized spacial score (nSPS) is 11.2. The van der Waals surface area contributed by atoms with E-state index in [4.69, 9.17) is 0 Å². The lowest BCUT2D eigenvalue weighted by Gasteiger charge is -2.11. The monoisotopic (exact) mass is 380 g/mol. The van der Waals surface area contributed by atoms with Gasteiger partial charge in [-0.1, -0.05) is 78.9 Å². The van der Waals surface area contributed by atoms with Gasteiger partial charge in [0.05, 0.1) is 0 Å². The molecule has 1 heterocycles. The summed E-state index contributed by atoms with van der Waals surface area (Å²) in [4.78, 5) is 0. The van der Waals surface area contributed by atoms with Crippen LogP contribution in [0.4, 0.5) is 0 Å². The van der Waals surface area contributed by atoms with E-state index < -0.39 is 7.12 Å². The molecular formula is C24H17BO2S. The van der Waals surface area contributed by atoms with E-state index in [1.807, 2.05) is 42.5 Å². The highest BCUT2D eigenvalue weighted by Crippen LogP contribution is 2.40. The predicted octanol–water partition coefficient (Wildman–Crippen LogP) is 5.07. The first-order valence-electron chi connectivity index (χ1n) is 9.18. The van der Waals surface area contributed by atoms with E-state index in [0.717, 1.165) is 22.3 Å². The van der Waals surface area contributed by atoms with Gasteiger partial charge in [-0.25, -0.2) is 0 Å². The van der Waals surface area contributed by atoms with Crippen LogP contribution in [0.2, 0.25) is 0 Å². The van der Waals surface area contributed by atoms with Crippen LogP contribution in [0.1, 0.15) is 0 Å². The second kappa shape index (κ2) is 6.91. The number of fused-ring (bicyclic) bond motifs is 3. The maximum absolute atomic E-state index is 9.85. The molecular weight excluding hydrogens is 363 g/mol. The van der Waals surface area contributed by atoms with Crippen LogP contribution in [0, 0.1) is 0 Å². The Labute approximate surface area is 167 Å². The van der Waals surface area contributed by atoms with Crippen LogP contribution in [-0.4, -0.2) is 17.2 Å². The molecule has 1 aromatic heterocycles. The van der Waals surface area contributed by atoms with Crippen LogP contribution in [-0.2, 0) is 0 Å². The molecule has 0 atom stereocenters. The maximum Gasteiger partial charge on any atom is 0.488 e. The first-order chi connectivity index (χ1) is 13.7. The first kappa shape index (κ1) is 17.2. The molecule has 134 valence electrons. The molecule has 4 heteroatoms. The highest BCUT2D eigenvalue weighted by molar-refractivity contribution is 7.26. The van der Waals surface area contributed by atoms with E-state index in [1.54, 1.807) is 11.3 Å². The molecule has 0 fully saturated rings. The zero-order chi connectivity index (χ0) is 19.1. The predicted molar refractivity (Wildman–Crippen MR) is 120 cm³/mol. The molecule has 2 N–H and O–H groups in total. The van der Waals surface area contributed by atoms with Gasteiger partial charge in [-0.05, 0) is 39.8 Å². The second-order valence-corrected chi connectivity index (χ2v) is 7.92. The maximum atomic E-state index is 9.85. The van der Waals surface area contributed by atoms with Crippen molar-refractivity contribution < 1.29 is 10.0 Å². The summed E-state index contributed by atoms with van der Waals surface area (Å²) in [5, 5.41) is 22.2. The molecule has 2 nitrogen and oxygen atoms in total. The van der Waals surface area contributed by atoms with E-state index in [0.29, 0.717) is 5.46 Å². The molecule has 5 rings (SSSR count). The fourth-order valence-electron chi connectivity index (χ4n) is 3.73. The summed E-state index contributed by atoms with van der Waals surface area (Å²) in [6, 6.07) is 30.6. The average Bonchev–Trinajstić information content (AvgIpc) is 3.13. The van der Waals surface area contributed by atoms with E-state index in [9.17, 15) is 10.0 Å². The molecule has 4 aromatic carbocycles. The van der Waals surface area contributed by atoms with Gasteiger partial charge in [0.2, 0.25) is 0 Å². The minimum Gasteiger partial charge on any atom is -0.423 e. The van der Waals surface area contributed by atoms with Crippen LogP contribution < -0.4 is 5.46 Å². The number of thiophene rings is 1. The Morgan fingerprint density at radius 1 is 0.607 bits per heavy atom. The minimum absolute atomic E-state index is 0.495. The van der Waals surface area contributed by atoms with Crippen molar-refractivity contribution in [3.8, 4) is 22.3 Å². The molecule has 0 aliphatic rings. The summed E-state index contributed by atoms with van der Waals surface area (Å²) in [5.74, 6) is 0. The van der Waals surface area contributed by atoms with Gasteiger partial charge in [0.15, 0.2) is 0 Å². The largest absolute Gasteiger partial charge is 0.488 e. The van der Waals surface area contributed by atoms with Gasteiger partial charge >= 0.3 is 7.12 Å². The van der Waals surface area contributed by atoms with Crippen LogP contribution in [0.5, 0.6) is 0 Å². The SMILES string of the molecule is OB(O)c1cc(-c2ccccc2)cc(-c2cccc3c2sc2ccccc23)c1. The quantitative estimate of drug-likeness (QED) is 0.429. The van der Waals surface area contributed by atoms with Crippen LogP contribution in [0.15, 0.2) is 91.0 Å². The molecule has 0 amide bonds. The summed E-state index contributed by atoms with van der Waals surface area (Å²) in [6.07, 6.45) is 0. The molecule has 0 saturated heterocycles. The van der Waals surface area contributed by atoms with E-state index in [2.05, 4.69) is 48.5 Å². The Kier molecular flexibility index (Phi) is 4.25. The number of rotatable bonds is 3. The van der Waals surface area contributed by atoms with Crippen molar-refractivity contribution in [3.63, 3.8) is 0 Å². The third kappa shape index (κ3) is 2.92. The molecule has 0 bridgehead atoms. The fourth-order valence-corrected chi connectivity index (χ4v) is 4.97. The molecule has 5 aromatic rings. The second-order valence-electron chi connectivity index (χ2n) is 6.86. The van der Waals surface area contributed by atoms with Gasteiger partial charge < -0.3 is 10.0 Å². The van der Waals surface area contributed by atoms with Gasteiger partial charge in [0.1, 0.15) is 0 Å². The standard InChI is InChI=1S/C24H17BO2S/c26-25(27)19-14-17(16-7-2-1-3-8-16)13-18(15-19)20-10-6-11-22-21-9-4-5-12-23(21)28-24(20)22/h1-15,26-27H. The van der Waals surface area contributed by atoms with Gasteiger partial charge in [0, 0.05) is 20.2 Å². The molecule has 0 saturated carbocycles. The Hall–Kier alpha value is -2.92. The zero-order valence-electron chi connectivity index (χ0n) is 15.0. The van der Waals surface area contributed by atoms with E-state index in [-0.39, 0.29) is 0 Å². The fraction of sp³-hybridized carbons (Fsp3) is 0. The lowest BCUT2D eigenvalue weighted by atomic mass is 9.77. The summed E-state index contributed by atoms with van der Waals surface area (Å²) >= 11 is 1.77. The van der Waals surface area contributed by atoms with Gasteiger partial charge in [-0.2, -0.15) is 0 Å².